The molecule has 0 radical (unpaired) electrons. The number of benzene rings is 3. The molecule has 0 aromatic heterocycles. The predicted molar refractivity (Wildman–Crippen MR) is 97.7 cm³/mol. The van der Waals surface area contributed by atoms with Crippen molar-refractivity contribution in [3.63, 3.8) is 0 Å². The summed E-state index contributed by atoms with van der Waals surface area (Å²) in [7, 11) is 0. The highest BCUT2D eigenvalue weighted by Gasteiger charge is 2.07. The summed E-state index contributed by atoms with van der Waals surface area (Å²) in [5, 5.41) is 9.64. The first-order chi connectivity index (χ1) is 11.8. The molecule has 0 atom stereocenters. The highest BCUT2D eigenvalue weighted by atomic mass is 16.3. The lowest BCUT2D eigenvalue weighted by Gasteiger charge is -2.07. The van der Waals surface area contributed by atoms with Gasteiger partial charge in [0.2, 0.25) is 0 Å². The molecule has 2 nitrogen and oxygen atoms in total. The Hall–Kier alpha value is -2.97. The van der Waals surface area contributed by atoms with Crippen LogP contribution in [0.15, 0.2) is 91.0 Å². The Morgan fingerprint density at radius 2 is 1.25 bits per heavy atom. The molecule has 0 fully saturated rings. The van der Waals surface area contributed by atoms with Gasteiger partial charge in [-0.1, -0.05) is 84.9 Å². The number of rotatable bonds is 5. The Bertz CT molecular complexity index is 832. The van der Waals surface area contributed by atoms with E-state index in [1.54, 1.807) is 12.1 Å². The summed E-state index contributed by atoms with van der Waals surface area (Å²) in [4.78, 5) is 12.3. The van der Waals surface area contributed by atoms with Gasteiger partial charge >= 0.3 is 0 Å². The molecule has 0 bridgehead atoms. The van der Waals surface area contributed by atoms with Crippen molar-refractivity contribution in [1.82, 2.24) is 0 Å². The highest BCUT2D eigenvalue weighted by Crippen LogP contribution is 2.22. The van der Waals surface area contributed by atoms with Crippen molar-refractivity contribution < 1.29 is 9.90 Å². The first-order valence-corrected chi connectivity index (χ1v) is 7.84. The third-order valence-electron chi connectivity index (χ3n) is 3.90. The van der Waals surface area contributed by atoms with Crippen molar-refractivity contribution in [1.29, 1.82) is 0 Å². The molecular formula is C22H18O2. The first kappa shape index (κ1) is 15.9. The number of allylic oxidation sites excluding steroid dienone is 1. The Morgan fingerprint density at radius 1 is 0.708 bits per heavy atom. The van der Waals surface area contributed by atoms with Gasteiger partial charge in [0.15, 0.2) is 5.78 Å². The summed E-state index contributed by atoms with van der Waals surface area (Å²) in [5.74, 6) is -0.105. The van der Waals surface area contributed by atoms with Crippen LogP contribution in [0.4, 0.5) is 0 Å². The monoisotopic (exact) mass is 314 g/mol. The SMILES string of the molecule is O=C(/C=C(\CO)c1ccc(-c2ccccc2)cc1)c1ccccc1. The van der Waals surface area contributed by atoms with Crippen molar-refractivity contribution >= 4 is 11.4 Å². The molecule has 3 aromatic carbocycles. The van der Waals surface area contributed by atoms with E-state index < -0.39 is 0 Å². The summed E-state index contributed by atoms with van der Waals surface area (Å²) < 4.78 is 0. The van der Waals surface area contributed by atoms with Crippen molar-refractivity contribution in [3.05, 3.63) is 102 Å². The summed E-state index contributed by atoms with van der Waals surface area (Å²) in [6.45, 7) is -0.177. The quantitative estimate of drug-likeness (QED) is 0.551. The molecule has 0 unspecified atom stereocenters. The van der Waals surface area contributed by atoms with E-state index in [-0.39, 0.29) is 12.4 Å². The number of aliphatic hydroxyl groups is 1. The lowest BCUT2D eigenvalue weighted by molar-refractivity contribution is 0.104. The van der Waals surface area contributed by atoms with Crippen molar-refractivity contribution in [2.45, 2.75) is 0 Å². The molecule has 0 aliphatic heterocycles. The number of aliphatic hydroxyl groups excluding tert-OH is 1. The fourth-order valence-corrected chi connectivity index (χ4v) is 2.57. The van der Waals surface area contributed by atoms with Gasteiger partial charge in [-0.15, -0.1) is 0 Å². The largest absolute Gasteiger partial charge is 0.392 e. The molecule has 0 heterocycles. The Balaban J connectivity index is 1.86. The molecular weight excluding hydrogens is 296 g/mol. The topological polar surface area (TPSA) is 37.3 Å². The van der Waals surface area contributed by atoms with E-state index in [1.165, 1.54) is 6.08 Å². The average molecular weight is 314 g/mol. The fraction of sp³-hybridized carbons (Fsp3) is 0.0455. The minimum atomic E-state index is -0.177. The van der Waals surface area contributed by atoms with E-state index in [2.05, 4.69) is 12.1 Å². The van der Waals surface area contributed by atoms with Crippen molar-refractivity contribution in [3.8, 4) is 11.1 Å². The number of carbonyl (C=O) groups excluding carboxylic acids is 1. The van der Waals surface area contributed by atoms with E-state index in [4.69, 9.17) is 0 Å². The van der Waals surface area contributed by atoms with Gasteiger partial charge in [-0.05, 0) is 28.3 Å². The molecule has 0 saturated heterocycles. The van der Waals surface area contributed by atoms with Gasteiger partial charge in [-0.25, -0.2) is 0 Å². The second kappa shape index (κ2) is 7.53. The highest BCUT2D eigenvalue weighted by molar-refractivity contribution is 6.08. The maximum absolute atomic E-state index is 12.3. The molecule has 0 amide bonds. The van der Waals surface area contributed by atoms with Crippen LogP contribution in [0.25, 0.3) is 16.7 Å². The molecule has 0 spiro atoms. The standard InChI is InChI=1S/C22H18O2/c23-16-21(15-22(24)20-9-5-2-6-10-20)19-13-11-18(12-14-19)17-7-3-1-4-8-17/h1-15,23H,16H2/b21-15+. The van der Waals surface area contributed by atoms with Crippen LogP contribution >= 0.6 is 0 Å². The third-order valence-corrected chi connectivity index (χ3v) is 3.90. The van der Waals surface area contributed by atoms with Crippen LogP contribution < -0.4 is 0 Å². The first-order valence-electron chi connectivity index (χ1n) is 7.84. The lowest BCUT2D eigenvalue weighted by Crippen LogP contribution is -1.99. The van der Waals surface area contributed by atoms with Gasteiger partial charge < -0.3 is 5.11 Å². The summed E-state index contributed by atoms with van der Waals surface area (Å²) >= 11 is 0. The smallest absolute Gasteiger partial charge is 0.186 e. The van der Waals surface area contributed by atoms with Gasteiger partial charge in [0.25, 0.3) is 0 Å². The van der Waals surface area contributed by atoms with Gasteiger partial charge in [0.1, 0.15) is 0 Å². The minimum absolute atomic E-state index is 0.105. The Morgan fingerprint density at radius 3 is 1.83 bits per heavy atom. The van der Waals surface area contributed by atoms with E-state index in [0.717, 1.165) is 16.7 Å². The number of ketones is 1. The minimum Gasteiger partial charge on any atom is -0.392 e. The average Bonchev–Trinajstić information content (AvgIpc) is 2.67. The summed E-state index contributed by atoms with van der Waals surface area (Å²) in [5.41, 5.74) is 4.32. The predicted octanol–water partition coefficient (Wildman–Crippen LogP) is 4.61. The molecule has 24 heavy (non-hydrogen) atoms. The van der Waals surface area contributed by atoms with Crippen molar-refractivity contribution in [2.24, 2.45) is 0 Å². The Kier molecular flexibility index (Phi) is 4.99. The molecule has 1 N–H and O–H groups in total. The van der Waals surface area contributed by atoms with Crippen molar-refractivity contribution in [2.75, 3.05) is 6.61 Å². The maximum atomic E-state index is 12.3. The van der Waals surface area contributed by atoms with E-state index in [9.17, 15) is 9.90 Å². The van der Waals surface area contributed by atoms with Gasteiger partial charge in [0, 0.05) is 5.56 Å². The molecule has 3 rings (SSSR count). The normalized spacial score (nSPS) is 11.3. The molecule has 3 aromatic rings. The maximum Gasteiger partial charge on any atom is 0.186 e. The van der Waals surface area contributed by atoms with Crippen LogP contribution in [0, 0.1) is 0 Å². The van der Waals surface area contributed by atoms with Crippen LogP contribution in [-0.2, 0) is 0 Å². The molecule has 0 aliphatic carbocycles. The van der Waals surface area contributed by atoms with Crippen LogP contribution in [0.1, 0.15) is 15.9 Å². The number of hydrogen-bond donors (Lipinski definition) is 1. The van der Waals surface area contributed by atoms with Gasteiger partial charge in [-0.3, -0.25) is 4.79 Å². The van der Waals surface area contributed by atoms with Crippen LogP contribution in [0.2, 0.25) is 0 Å². The van der Waals surface area contributed by atoms with Crippen LogP contribution in [0.3, 0.4) is 0 Å². The van der Waals surface area contributed by atoms with Gasteiger partial charge in [0.05, 0.1) is 6.61 Å². The van der Waals surface area contributed by atoms with Gasteiger partial charge in [-0.2, -0.15) is 0 Å². The molecule has 0 saturated carbocycles. The lowest BCUT2D eigenvalue weighted by atomic mass is 9.99. The molecule has 118 valence electrons. The van der Waals surface area contributed by atoms with Crippen LogP contribution in [0.5, 0.6) is 0 Å². The van der Waals surface area contributed by atoms with E-state index in [1.807, 2.05) is 60.7 Å². The second-order valence-corrected chi connectivity index (χ2v) is 5.50. The molecule has 0 aliphatic rings. The zero-order valence-corrected chi connectivity index (χ0v) is 13.2. The second-order valence-electron chi connectivity index (χ2n) is 5.50. The number of carbonyl (C=O) groups is 1. The summed E-state index contributed by atoms with van der Waals surface area (Å²) in [6, 6.07) is 27.0. The fourth-order valence-electron chi connectivity index (χ4n) is 2.57. The van der Waals surface area contributed by atoms with Crippen LogP contribution in [-0.4, -0.2) is 17.5 Å². The zero-order chi connectivity index (χ0) is 16.8. The van der Waals surface area contributed by atoms with E-state index in [0.29, 0.717) is 11.1 Å². The Labute approximate surface area is 141 Å². The zero-order valence-electron chi connectivity index (χ0n) is 13.2. The van der Waals surface area contributed by atoms with E-state index >= 15 is 0 Å². The third kappa shape index (κ3) is 3.67. The summed E-state index contributed by atoms with van der Waals surface area (Å²) in [6.07, 6.45) is 1.51. The molecule has 2 heteroatoms. The number of hydrogen-bond acceptors (Lipinski definition) is 2.